The molecule has 1 aliphatic carbocycles. The fourth-order valence-electron chi connectivity index (χ4n) is 4.57. The molecule has 2 aliphatic rings. The SMILES string of the molecule is Cc1cc(Br)ccc1N1C(=O)/C(=C\c2cc(C)n(C3CCCC3)c2C)C(=O)NC1=S. The van der Waals surface area contributed by atoms with Crippen LogP contribution in [0.15, 0.2) is 34.3 Å². The Labute approximate surface area is 190 Å². The molecule has 1 N–H and O–H groups in total. The van der Waals surface area contributed by atoms with Crippen LogP contribution in [0.1, 0.15) is 54.2 Å². The fourth-order valence-corrected chi connectivity index (χ4v) is 5.32. The van der Waals surface area contributed by atoms with Gasteiger partial charge in [-0.05, 0) is 87.3 Å². The first-order valence-electron chi connectivity index (χ1n) is 10.1. The van der Waals surface area contributed by atoms with Crippen molar-refractivity contribution >= 4 is 56.8 Å². The second kappa shape index (κ2) is 8.12. The quantitative estimate of drug-likeness (QED) is 0.372. The van der Waals surface area contributed by atoms with Crippen LogP contribution >= 0.6 is 28.1 Å². The van der Waals surface area contributed by atoms with Crippen LogP contribution in [-0.4, -0.2) is 21.5 Å². The van der Waals surface area contributed by atoms with Crippen molar-refractivity contribution in [3.05, 3.63) is 56.8 Å². The molecule has 30 heavy (non-hydrogen) atoms. The fraction of sp³-hybridized carbons (Fsp3) is 0.348. The minimum atomic E-state index is -0.457. The number of aromatic nitrogens is 1. The van der Waals surface area contributed by atoms with Crippen molar-refractivity contribution in [2.45, 2.75) is 52.5 Å². The lowest BCUT2D eigenvalue weighted by Gasteiger charge is -2.30. The Kier molecular flexibility index (Phi) is 5.68. The van der Waals surface area contributed by atoms with E-state index in [0.717, 1.165) is 27.0 Å². The molecular formula is C23H24BrN3O2S. The summed E-state index contributed by atoms with van der Waals surface area (Å²) < 4.78 is 3.27. The summed E-state index contributed by atoms with van der Waals surface area (Å²) in [6.45, 7) is 6.05. The maximum atomic E-state index is 13.3. The number of rotatable bonds is 3. The monoisotopic (exact) mass is 485 g/mol. The number of halogens is 1. The highest BCUT2D eigenvalue weighted by molar-refractivity contribution is 9.10. The van der Waals surface area contributed by atoms with E-state index >= 15 is 0 Å². The standard InChI is InChI=1S/C23H24BrN3O2S/c1-13-10-17(24)8-9-20(13)27-22(29)19(21(28)25-23(27)30)12-16-11-14(2)26(15(16)3)18-6-4-5-7-18/h8-12,18H,4-7H2,1-3H3,(H,25,28,30)/b19-12-. The van der Waals surface area contributed by atoms with E-state index in [-0.39, 0.29) is 10.7 Å². The number of carbonyl (C=O) groups excluding carboxylic acids is 2. The molecule has 1 saturated carbocycles. The predicted octanol–water partition coefficient (Wildman–Crippen LogP) is 5.12. The second-order valence-corrected chi connectivity index (χ2v) is 9.33. The zero-order chi connectivity index (χ0) is 21.6. The lowest BCUT2D eigenvalue weighted by Crippen LogP contribution is -2.54. The lowest BCUT2D eigenvalue weighted by atomic mass is 10.1. The van der Waals surface area contributed by atoms with E-state index in [1.807, 2.05) is 25.1 Å². The second-order valence-electron chi connectivity index (χ2n) is 8.02. The Bertz CT molecular complexity index is 1100. The zero-order valence-electron chi connectivity index (χ0n) is 17.3. The number of hydrogen-bond donors (Lipinski definition) is 1. The minimum Gasteiger partial charge on any atom is -0.346 e. The van der Waals surface area contributed by atoms with Crippen LogP contribution in [0.4, 0.5) is 5.69 Å². The Balaban J connectivity index is 1.74. The summed E-state index contributed by atoms with van der Waals surface area (Å²) >= 11 is 8.77. The molecule has 1 aromatic carbocycles. The van der Waals surface area contributed by atoms with Gasteiger partial charge in [0.25, 0.3) is 11.8 Å². The predicted molar refractivity (Wildman–Crippen MR) is 126 cm³/mol. The van der Waals surface area contributed by atoms with E-state index in [2.05, 4.69) is 45.7 Å². The largest absolute Gasteiger partial charge is 0.346 e. The number of amides is 2. The Morgan fingerprint density at radius 1 is 1.13 bits per heavy atom. The number of thiocarbonyl (C=S) groups is 1. The number of nitrogens with zero attached hydrogens (tertiary/aromatic N) is 2. The van der Waals surface area contributed by atoms with Crippen LogP contribution in [0.5, 0.6) is 0 Å². The van der Waals surface area contributed by atoms with Gasteiger partial charge in [-0.2, -0.15) is 0 Å². The third-order valence-electron chi connectivity index (χ3n) is 6.01. The van der Waals surface area contributed by atoms with E-state index < -0.39 is 11.8 Å². The first kappa shape index (κ1) is 21.0. The molecule has 0 spiro atoms. The normalized spacial score (nSPS) is 19.1. The van der Waals surface area contributed by atoms with Gasteiger partial charge in [0, 0.05) is 21.9 Å². The number of carbonyl (C=O) groups is 2. The molecule has 1 aliphatic heterocycles. The Morgan fingerprint density at radius 2 is 1.83 bits per heavy atom. The van der Waals surface area contributed by atoms with Crippen LogP contribution in [0, 0.1) is 20.8 Å². The molecule has 1 aromatic heterocycles. The van der Waals surface area contributed by atoms with Crippen LogP contribution in [0.2, 0.25) is 0 Å². The van der Waals surface area contributed by atoms with Gasteiger partial charge in [0.05, 0.1) is 5.69 Å². The number of benzene rings is 1. The van der Waals surface area contributed by atoms with Crippen molar-refractivity contribution in [1.82, 2.24) is 9.88 Å². The molecule has 0 radical (unpaired) electrons. The summed E-state index contributed by atoms with van der Waals surface area (Å²) in [6, 6.07) is 8.16. The smallest absolute Gasteiger partial charge is 0.270 e. The van der Waals surface area contributed by atoms with Gasteiger partial charge in [-0.3, -0.25) is 19.8 Å². The molecule has 5 nitrogen and oxygen atoms in total. The number of nitrogens with one attached hydrogen (secondary N) is 1. The van der Waals surface area contributed by atoms with Gasteiger partial charge < -0.3 is 4.57 Å². The summed E-state index contributed by atoms with van der Waals surface area (Å²) in [5, 5.41) is 2.78. The van der Waals surface area contributed by atoms with E-state index in [1.165, 1.54) is 30.6 Å². The topological polar surface area (TPSA) is 54.3 Å². The molecule has 0 bridgehead atoms. The average molecular weight is 486 g/mol. The van der Waals surface area contributed by atoms with Crippen molar-refractivity contribution in [3.63, 3.8) is 0 Å². The molecule has 7 heteroatoms. The lowest BCUT2D eigenvalue weighted by molar-refractivity contribution is -0.122. The van der Waals surface area contributed by atoms with Gasteiger partial charge >= 0.3 is 0 Å². The zero-order valence-corrected chi connectivity index (χ0v) is 19.7. The molecule has 4 rings (SSSR count). The van der Waals surface area contributed by atoms with Crippen molar-refractivity contribution in [3.8, 4) is 0 Å². The third kappa shape index (κ3) is 3.65. The molecule has 1 saturated heterocycles. The molecule has 0 atom stereocenters. The van der Waals surface area contributed by atoms with Gasteiger partial charge in [0.15, 0.2) is 5.11 Å². The summed E-state index contributed by atoms with van der Waals surface area (Å²) in [5.41, 5.74) is 4.79. The van der Waals surface area contributed by atoms with Crippen molar-refractivity contribution in [2.24, 2.45) is 0 Å². The summed E-state index contributed by atoms with van der Waals surface area (Å²) in [7, 11) is 0. The van der Waals surface area contributed by atoms with Gasteiger partial charge in [-0.25, -0.2) is 0 Å². The summed E-state index contributed by atoms with van der Waals surface area (Å²) in [5.74, 6) is -0.860. The van der Waals surface area contributed by atoms with Gasteiger partial charge in [0.2, 0.25) is 0 Å². The van der Waals surface area contributed by atoms with Crippen LogP contribution in [0.3, 0.4) is 0 Å². The third-order valence-corrected chi connectivity index (χ3v) is 6.79. The van der Waals surface area contributed by atoms with Crippen molar-refractivity contribution < 1.29 is 9.59 Å². The van der Waals surface area contributed by atoms with E-state index in [4.69, 9.17) is 12.2 Å². The van der Waals surface area contributed by atoms with Crippen LogP contribution < -0.4 is 10.2 Å². The maximum absolute atomic E-state index is 13.3. The number of hydrogen-bond acceptors (Lipinski definition) is 3. The van der Waals surface area contributed by atoms with Crippen molar-refractivity contribution in [2.75, 3.05) is 4.90 Å². The Hall–Kier alpha value is -2.25. The molecule has 2 fully saturated rings. The molecule has 2 aromatic rings. The average Bonchev–Trinajstić information content (AvgIpc) is 3.28. The van der Waals surface area contributed by atoms with Gasteiger partial charge in [-0.15, -0.1) is 0 Å². The van der Waals surface area contributed by atoms with Crippen LogP contribution in [0.25, 0.3) is 6.08 Å². The van der Waals surface area contributed by atoms with Gasteiger partial charge in [0.1, 0.15) is 5.57 Å². The van der Waals surface area contributed by atoms with E-state index in [9.17, 15) is 9.59 Å². The molecule has 2 amide bonds. The molecule has 0 unspecified atom stereocenters. The van der Waals surface area contributed by atoms with Gasteiger partial charge in [-0.1, -0.05) is 28.8 Å². The van der Waals surface area contributed by atoms with E-state index in [0.29, 0.717) is 11.7 Å². The number of anilines is 1. The molecule has 2 heterocycles. The summed E-state index contributed by atoms with van der Waals surface area (Å²) in [6.07, 6.45) is 6.55. The highest BCUT2D eigenvalue weighted by Crippen LogP contribution is 2.34. The van der Waals surface area contributed by atoms with E-state index in [1.54, 1.807) is 6.08 Å². The minimum absolute atomic E-state index is 0.0950. The highest BCUT2D eigenvalue weighted by atomic mass is 79.9. The highest BCUT2D eigenvalue weighted by Gasteiger charge is 2.35. The first-order valence-corrected chi connectivity index (χ1v) is 11.3. The summed E-state index contributed by atoms with van der Waals surface area (Å²) in [4.78, 5) is 27.4. The number of aryl methyl sites for hydroxylation is 2. The Morgan fingerprint density at radius 3 is 2.50 bits per heavy atom. The van der Waals surface area contributed by atoms with Crippen LogP contribution in [-0.2, 0) is 9.59 Å². The maximum Gasteiger partial charge on any atom is 0.270 e. The van der Waals surface area contributed by atoms with Crippen molar-refractivity contribution in [1.29, 1.82) is 0 Å². The molecular weight excluding hydrogens is 462 g/mol. The molecule has 156 valence electrons. The first-order chi connectivity index (χ1) is 14.3.